The number of benzene rings is 2. The molecule has 2 amide bonds. The number of para-hydroxylation sites is 1. The number of hydrogen-bond acceptors (Lipinski definition) is 5. The first-order chi connectivity index (χ1) is 18.6. The van der Waals surface area contributed by atoms with E-state index in [-0.39, 0.29) is 54.0 Å². The Kier molecular flexibility index (Phi) is 9.27. The molecule has 0 aliphatic carbocycles. The summed E-state index contributed by atoms with van der Waals surface area (Å²) < 4.78 is 45.3. The van der Waals surface area contributed by atoms with Gasteiger partial charge in [0, 0.05) is 57.1 Å². The Morgan fingerprint density at radius 3 is 2.51 bits per heavy atom. The van der Waals surface area contributed by atoms with Crippen LogP contribution >= 0.6 is 0 Å². The maximum atomic E-state index is 13.3. The molecule has 2 aliphatic heterocycles. The fourth-order valence-corrected chi connectivity index (χ4v) is 5.25. The topological polar surface area (TPSA) is 87.7 Å². The highest BCUT2D eigenvalue weighted by Crippen LogP contribution is 2.36. The van der Waals surface area contributed by atoms with Gasteiger partial charge in [0.15, 0.2) is 0 Å². The third-order valence-corrected chi connectivity index (χ3v) is 7.54. The summed E-state index contributed by atoms with van der Waals surface area (Å²) in [5.74, 6) is -0.503. The third-order valence-electron chi connectivity index (χ3n) is 7.54. The predicted molar refractivity (Wildman–Crippen MR) is 140 cm³/mol. The van der Waals surface area contributed by atoms with Crippen LogP contribution in [0.1, 0.15) is 43.2 Å². The van der Waals surface area contributed by atoms with Crippen molar-refractivity contribution < 1.29 is 32.3 Å². The molecule has 0 saturated carbocycles. The SMILES string of the molecule is CN1CC(C(=O)CCC[C@H](C(=O)NCc2ccc(Nc3ccccc3C(F)(F)F)cc2)C2CCOC2)CC1=O. The summed E-state index contributed by atoms with van der Waals surface area (Å²) in [4.78, 5) is 39.0. The van der Waals surface area contributed by atoms with Gasteiger partial charge in [0.2, 0.25) is 11.8 Å². The number of carbonyl (C=O) groups is 3. The number of Topliss-reactive ketones (excluding diaryl/α,β-unsaturated/α-hetero) is 1. The molecule has 0 radical (unpaired) electrons. The highest BCUT2D eigenvalue weighted by Gasteiger charge is 2.34. The van der Waals surface area contributed by atoms with Gasteiger partial charge >= 0.3 is 6.18 Å². The van der Waals surface area contributed by atoms with Gasteiger partial charge in [-0.3, -0.25) is 14.4 Å². The van der Waals surface area contributed by atoms with Crippen LogP contribution in [0.15, 0.2) is 48.5 Å². The molecular weight excluding hydrogens is 511 g/mol. The summed E-state index contributed by atoms with van der Waals surface area (Å²) >= 11 is 0. The Morgan fingerprint density at radius 2 is 1.87 bits per heavy atom. The van der Waals surface area contributed by atoms with Crippen molar-refractivity contribution in [2.45, 2.75) is 44.8 Å². The number of nitrogens with one attached hydrogen (secondary N) is 2. The van der Waals surface area contributed by atoms with Crippen molar-refractivity contribution in [2.75, 3.05) is 32.1 Å². The minimum absolute atomic E-state index is 0.0105. The van der Waals surface area contributed by atoms with Gasteiger partial charge in [-0.15, -0.1) is 0 Å². The smallest absolute Gasteiger partial charge is 0.381 e. The number of likely N-dealkylation sites (tertiary alicyclic amines) is 1. The van der Waals surface area contributed by atoms with Crippen molar-refractivity contribution in [1.29, 1.82) is 0 Å². The number of amides is 2. The maximum absolute atomic E-state index is 13.3. The van der Waals surface area contributed by atoms with Crippen LogP contribution in [0.25, 0.3) is 0 Å². The number of alkyl halides is 3. The van der Waals surface area contributed by atoms with Gasteiger partial charge in [0.25, 0.3) is 0 Å². The van der Waals surface area contributed by atoms with E-state index in [1.807, 2.05) is 0 Å². The molecular formula is C29H34F3N3O4. The molecule has 2 unspecified atom stereocenters. The molecule has 7 nitrogen and oxygen atoms in total. The summed E-state index contributed by atoms with van der Waals surface area (Å²) in [7, 11) is 1.70. The largest absolute Gasteiger partial charge is 0.418 e. The van der Waals surface area contributed by atoms with E-state index >= 15 is 0 Å². The van der Waals surface area contributed by atoms with Gasteiger partial charge in [-0.05, 0) is 55.0 Å². The fraction of sp³-hybridized carbons (Fsp3) is 0.483. The summed E-state index contributed by atoms with van der Waals surface area (Å²) in [5, 5.41) is 5.79. The lowest BCUT2D eigenvalue weighted by atomic mass is 9.85. The first-order valence-electron chi connectivity index (χ1n) is 13.3. The second kappa shape index (κ2) is 12.6. The van der Waals surface area contributed by atoms with Crippen LogP contribution in [0.5, 0.6) is 0 Å². The zero-order valence-corrected chi connectivity index (χ0v) is 21.9. The van der Waals surface area contributed by atoms with Crippen molar-refractivity contribution in [1.82, 2.24) is 10.2 Å². The van der Waals surface area contributed by atoms with E-state index in [4.69, 9.17) is 4.74 Å². The minimum atomic E-state index is -4.46. The summed E-state index contributed by atoms with van der Waals surface area (Å²) in [6.07, 6.45) is -1.94. The molecule has 2 fully saturated rings. The van der Waals surface area contributed by atoms with Crippen molar-refractivity contribution in [3.63, 3.8) is 0 Å². The standard InChI is InChI=1S/C29H34F3N3O4/c1-35-17-21(15-27(35)37)26(36)8-4-5-23(20-13-14-39-18-20)28(38)33-16-19-9-11-22(12-10-19)34-25-7-3-2-6-24(25)29(30,31)32/h2-3,6-7,9-12,20-21,23,34H,4-5,8,13-18H2,1H3,(H,33,38)/t20?,21?,23-/m0/s1. The Balaban J connectivity index is 1.30. The second-order valence-corrected chi connectivity index (χ2v) is 10.3. The highest BCUT2D eigenvalue weighted by molar-refractivity contribution is 5.90. The average molecular weight is 546 g/mol. The summed E-state index contributed by atoms with van der Waals surface area (Å²) in [6.45, 7) is 1.85. The molecule has 2 N–H and O–H groups in total. The summed E-state index contributed by atoms with van der Waals surface area (Å²) in [5.41, 5.74) is 0.541. The lowest BCUT2D eigenvalue weighted by molar-refractivity contribution is -0.137. The van der Waals surface area contributed by atoms with Crippen molar-refractivity contribution in [3.8, 4) is 0 Å². The quantitative estimate of drug-likeness (QED) is 0.418. The predicted octanol–water partition coefficient (Wildman–Crippen LogP) is 4.94. The molecule has 3 atom stereocenters. The average Bonchev–Trinajstić information content (AvgIpc) is 3.55. The number of nitrogens with zero attached hydrogens (tertiary/aromatic N) is 1. The number of carbonyl (C=O) groups excluding carboxylic acids is 3. The van der Waals surface area contributed by atoms with E-state index in [0.717, 1.165) is 18.1 Å². The van der Waals surface area contributed by atoms with Crippen LogP contribution in [0.4, 0.5) is 24.5 Å². The first-order valence-corrected chi connectivity index (χ1v) is 13.3. The van der Waals surface area contributed by atoms with Crippen LogP contribution < -0.4 is 10.6 Å². The van der Waals surface area contributed by atoms with E-state index in [1.165, 1.54) is 18.2 Å². The zero-order valence-electron chi connectivity index (χ0n) is 21.9. The number of ether oxygens (including phenoxy) is 1. The first kappa shape index (κ1) is 28.6. The number of rotatable bonds is 11. The monoisotopic (exact) mass is 545 g/mol. The van der Waals surface area contributed by atoms with Gasteiger partial charge in [0.1, 0.15) is 5.78 Å². The minimum Gasteiger partial charge on any atom is -0.381 e. The van der Waals surface area contributed by atoms with E-state index < -0.39 is 11.7 Å². The molecule has 0 bridgehead atoms. The van der Waals surface area contributed by atoms with E-state index in [9.17, 15) is 27.6 Å². The molecule has 0 aromatic heterocycles. The van der Waals surface area contributed by atoms with Gasteiger partial charge in [-0.2, -0.15) is 13.2 Å². The number of halogens is 3. The van der Waals surface area contributed by atoms with Crippen LogP contribution in [0.3, 0.4) is 0 Å². The maximum Gasteiger partial charge on any atom is 0.418 e. The van der Waals surface area contributed by atoms with Crippen molar-refractivity contribution in [2.24, 2.45) is 17.8 Å². The van der Waals surface area contributed by atoms with Crippen LogP contribution in [0, 0.1) is 17.8 Å². The Bertz CT molecular complexity index is 1160. The molecule has 10 heteroatoms. The molecule has 2 aliphatic rings. The van der Waals surface area contributed by atoms with Crippen LogP contribution in [-0.2, 0) is 31.8 Å². The number of hydrogen-bond donors (Lipinski definition) is 2. The Labute approximate surface area is 226 Å². The Hall–Kier alpha value is -3.40. The van der Waals surface area contributed by atoms with Crippen LogP contribution in [-0.4, -0.2) is 49.3 Å². The normalized spacial score (nSPS) is 20.2. The molecule has 210 valence electrons. The molecule has 0 spiro atoms. The van der Waals surface area contributed by atoms with E-state index in [1.54, 1.807) is 36.2 Å². The molecule has 2 saturated heterocycles. The van der Waals surface area contributed by atoms with Gasteiger partial charge < -0.3 is 20.3 Å². The number of anilines is 2. The van der Waals surface area contributed by atoms with Gasteiger partial charge in [0.05, 0.1) is 17.9 Å². The lowest BCUT2D eigenvalue weighted by Crippen LogP contribution is -2.35. The second-order valence-electron chi connectivity index (χ2n) is 10.3. The fourth-order valence-electron chi connectivity index (χ4n) is 5.25. The van der Waals surface area contributed by atoms with Crippen LogP contribution in [0.2, 0.25) is 0 Å². The zero-order chi connectivity index (χ0) is 28.0. The van der Waals surface area contributed by atoms with E-state index in [0.29, 0.717) is 44.7 Å². The number of ketones is 1. The van der Waals surface area contributed by atoms with Gasteiger partial charge in [-0.25, -0.2) is 0 Å². The highest BCUT2D eigenvalue weighted by atomic mass is 19.4. The molecule has 4 rings (SSSR count). The molecule has 39 heavy (non-hydrogen) atoms. The molecule has 2 aromatic rings. The Morgan fingerprint density at radius 1 is 1.13 bits per heavy atom. The van der Waals surface area contributed by atoms with Crippen molar-refractivity contribution in [3.05, 3.63) is 59.7 Å². The third kappa shape index (κ3) is 7.59. The van der Waals surface area contributed by atoms with Gasteiger partial charge in [-0.1, -0.05) is 24.3 Å². The molecule has 2 heterocycles. The lowest BCUT2D eigenvalue weighted by Gasteiger charge is -2.22. The van der Waals surface area contributed by atoms with Crippen molar-refractivity contribution >= 4 is 29.0 Å². The molecule has 2 aromatic carbocycles. The summed E-state index contributed by atoms with van der Waals surface area (Å²) in [6, 6.07) is 12.2. The van der Waals surface area contributed by atoms with E-state index in [2.05, 4.69) is 10.6 Å².